The monoisotopic (exact) mass is 573 g/mol. The van der Waals surface area contributed by atoms with E-state index in [0.717, 1.165) is 0 Å². The molecule has 2 aliphatic heterocycles. The number of allylic oxidation sites excluding steroid dienone is 1. The van der Waals surface area contributed by atoms with Crippen molar-refractivity contribution in [2.24, 2.45) is 0 Å². The van der Waals surface area contributed by atoms with E-state index in [4.69, 9.17) is 35.3 Å². The summed E-state index contributed by atoms with van der Waals surface area (Å²) in [5.41, 5.74) is 1.05. The van der Waals surface area contributed by atoms with E-state index in [1.54, 1.807) is 68.5 Å². The zero-order valence-electron chi connectivity index (χ0n) is 22.5. The highest BCUT2D eigenvalue weighted by Crippen LogP contribution is 2.36. The quantitative estimate of drug-likeness (QED) is 0.339. The Morgan fingerprint density at radius 3 is 2.52 bits per heavy atom. The molecule has 0 saturated carbocycles. The zero-order valence-corrected chi connectivity index (χ0v) is 23.3. The lowest BCUT2D eigenvalue weighted by atomic mass is 9.94. The summed E-state index contributed by atoms with van der Waals surface area (Å²) in [4.78, 5) is 36.6. The van der Waals surface area contributed by atoms with E-state index in [9.17, 15) is 19.5 Å². The van der Waals surface area contributed by atoms with Crippen molar-refractivity contribution >= 4 is 35.3 Å². The fourth-order valence-corrected chi connectivity index (χ4v) is 4.62. The Morgan fingerprint density at radius 1 is 1.15 bits per heavy atom. The minimum atomic E-state index is -1.20. The number of carboxylic acid groups (broad SMARTS) is 1. The first-order chi connectivity index (χ1) is 18.9. The largest absolute Gasteiger partial charge is 0.479 e. The van der Waals surface area contributed by atoms with Gasteiger partial charge < -0.3 is 34.1 Å². The van der Waals surface area contributed by atoms with Gasteiger partial charge in [0, 0.05) is 23.1 Å². The zero-order chi connectivity index (χ0) is 29.0. The summed E-state index contributed by atoms with van der Waals surface area (Å²) in [6, 6.07) is 12.6. The number of rotatable bonds is 9. The Labute approximate surface area is 237 Å². The molecular formula is C29H32ClNO9. The number of fused-ring (bicyclic) bond motifs is 1. The molecule has 0 aliphatic carbocycles. The van der Waals surface area contributed by atoms with Crippen molar-refractivity contribution < 1.29 is 43.2 Å². The molecule has 0 spiro atoms. The SMILES string of the molecule is CC(=O)NC1C(Oc2ccccc2/C=C/C(=O)c2ccc(Cl)cc2)OC2COC(C)(C)OC2C1OC(C)C(=O)O. The van der Waals surface area contributed by atoms with Gasteiger partial charge >= 0.3 is 5.97 Å². The van der Waals surface area contributed by atoms with Gasteiger partial charge in [0.25, 0.3) is 0 Å². The van der Waals surface area contributed by atoms with Crippen LogP contribution in [0.25, 0.3) is 6.08 Å². The molecule has 6 atom stereocenters. The van der Waals surface area contributed by atoms with Crippen LogP contribution in [0.2, 0.25) is 5.02 Å². The number of aliphatic carboxylic acids is 1. The lowest BCUT2D eigenvalue weighted by Crippen LogP contribution is -2.70. The molecule has 2 N–H and O–H groups in total. The molecule has 2 saturated heterocycles. The molecule has 11 heteroatoms. The second-order valence-electron chi connectivity index (χ2n) is 10.0. The highest BCUT2D eigenvalue weighted by Gasteiger charge is 2.54. The number of amides is 1. The second kappa shape index (κ2) is 12.5. The standard InChI is InChI=1S/C29H32ClNO9/c1-16(27(34)35)37-26-24(31-17(2)32)28(39-23-15-36-29(3,4)40-25(23)26)38-22-8-6-5-7-19(22)11-14-21(33)18-9-12-20(30)13-10-18/h5-14,16,23-26,28H,15H2,1-4H3,(H,31,32)(H,34,35)/b14-11+. The molecule has 1 amide bonds. The first-order valence-electron chi connectivity index (χ1n) is 12.8. The van der Waals surface area contributed by atoms with E-state index >= 15 is 0 Å². The van der Waals surface area contributed by atoms with Gasteiger partial charge in [0.2, 0.25) is 12.2 Å². The van der Waals surface area contributed by atoms with Crippen LogP contribution in [0.5, 0.6) is 5.75 Å². The maximum Gasteiger partial charge on any atom is 0.332 e. The van der Waals surface area contributed by atoms with E-state index in [1.807, 2.05) is 0 Å². The van der Waals surface area contributed by atoms with Crippen LogP contribution in [0.3, 0.4) is 0 Å². The summed E-state index contributed by atoms with van der Waals surface area (Å²) >= 11 is 5.92. The van der Waals surface area contributed by atoms with Crippen LogP contribution >= 0.6 is 11.6 Å². The van der Waals surface area contributed by atoms with E-state index < -0.39 is 54.4 Å². The average Bonchev–Trinajstić information content (AvgIpc) is 2.90. The van der Waals surface area contributed by atoms with Crippen LogP contribution in [0.1, 0.15) is 43.6 Å². The van der Waals surface area contributed by atoms with Gasteiger partial charge in [-0.2, -0.15) is 0 Å². The van der Waals surface area contributed by atoms with Crippen molar-refractivity contribution in [3.63, 3.8) is 0 Å². The van der Waals surface area contributed by atoms with Crippen molar-refractivity contribution in [2.75, 3.05) is 6.61 Å². The Balaban J connectivity index is 1.63. The summed E-state index contributed by atoms with van der Waals surface area (Å²) in [5, 5.41) is 12.9. The topological polar surface area (TPSA) is 130 Å². The Hall–Kier alpha value is -3.28. The van der Waals surface area contributed by atoms with Crippen molar-refractivity contribution in [1.29, 1.82) is 0 Å². The number of nitrogens with one attached hydrogen (secondary N) is 1. The molecule has 2 heterocycles. The molecule has 40 heavy (non-hydrogen) atoms. The molecular weight excluding hydrogens is 542 g/mol. The lowest BCUT2D eigenvalue weighted by molar-refractivity contribution is -0.366. The average molecular weight is 574 g/mol. The number of ether oxygens (including phenoxy) is 5. The number of ketones is 1. The first-order valence-corrected chi connectivity index (χ1v) is 13.2. The van der Waals surface area contributed by atoms with E-state index in [2.05, 4.69) is 5.32 Å². The minimum absolute atomic E-state index is 0.128. The van der Waals surface area contributed by atoms with Crippen LogP contribution in [0.15, 0.2) is 54.6 Å². The van der Waals surface area contributed by atoms with Gasteiger partial charge in [-0.15, -0.1) is 0 Å². The third-order valence-corrected chi connectivity index (χ3v) is 6.70. The Morgan fingerprint density at radius 2 is 1.85 bits per heavy atom. The fourth-order valence-electron chi connectivity index (χ4n) is 4.50. The number of benzene rings is 2. The first kappa shape index (κ1) is 29.7. The minimum Gasteiger partial charge on any atom is -0.479 e. The maximum absolute atomic E-state index is 12.7. The highest BCUT2D eigenvalue weighted by atomic mass is 35.5. The molecule has 0 bridgehead atoms. The Bertz CT molecular complexity index is 1260. The lowest BCUT2D eigenvalue weighted by Gasteiger charge is -2.51. The van der Waals surface area contributed by atoms with Crippen LogP contribution in [0, 0.1) is 0 Å². The van der Waals surface area contributed by atoms with Gasteiger partial charge in [-0.05, 0) is 63.3 Å². The van der Waals surface area contributed by atoms with Crippen molar-refractivity contribution in [3.05, 3.63) is 70.8 Å². The molecule has 0 radical (unpaired) electrons. The third kappa shape index (κ3) is 7.26. The molecule has 6 unspecified atom stereocenters. The number of halogens is 1. The highest BCUT2D eigenvalue weighted by molar-refractivity contribution is 6.30. The second-order valence-corrected chi connectivity index (χ2v) is 10.4. The number of carboxylic acids is 1. The van der Waals surface area contributed by atoms with E-state index in [0.29, 0.717) is 21.9 Å². The predicted molar refractivity (Wildman–Crippen MR) is 145 cm³/mol. The molecule has 2 fully saturated rings. The van der Waals surface area contributed by atoms with Crippen molar-refractivity contribution in [2.45, 2.75) is 70.2 Å². The van der Waals surface area contributed by atoms with Crippen LogP contribution in [-0.4, -0.2) is 71.9 Å². The predicted octanol–water partition coefficient (Wildman–Crippen LogP) is 3.85. The summed E-state index contributed by atoms with van der Waals surface area (Å²) in [6.45, 7) is 6.31. The van der Waals surface area contributed by atoms with Crippen LogP contribution in [0.4, 0.5) is 0 Å². The smallest absolute Gasteiger partial charge is 0.332 e. The van der Waals surface area contributed by atoms with E-state index in [-0.39, 0.29) is 12.4 Å². The molecule has 10 nitrogen and oxygen atoms in total. The maximum atomic E-state index is 12.7. The number of carbonyl (C=O) groups is 3. The van der Waals surface area contributed by atoms with E-state index in [1.165, 1.54) is 19.9 Å². The molecule has 0 aromatic heterocycles. The van der Waals surface area contributed by atoms with Crippen molar-refractivity contribution in [3.8, 4) is 5.75 Å². The molecule has 2 aliphatic rings. The fraction of sp³-hybridized carbons (Fsp3) is 0.414. The Kier molecular flexibility index (Phi) is 9.27. The van der Waals surface area contributed by atoms with Crippen molar-refractivity contribution in [1.82, 2.24) is 5.32 Å². The van der Waals surface area contributed by atoms with Gasteiger partial charge in [0.15, 0.2) is 17.7 Å². The van der Waals surface area contributed by atoms with Gasteiger partial charge in [-0.3, -0.25) is 9.59 Å². The number of carbonyl (C=O) groups excluding carboxylic acids is 2. The third-order valence-electron chi connectivity index (χ3n) is 6.45. The molecule has 2 aromatic carbocycles. The van der Waals surface area contributed by atoms with Gasteiger partial charge in [0.1, 0.15) is 30.1 Å². The van der Waals surface area contributed by atoms with Crippen LogP contribution in [-0.2, 0) is 28.5 Å². The molecule has 2 aromatic rings. The summed E-state index contributed by atoms with van der Waals surface area (Å²) in [7, 11) is 0. The summed E-state index contributed by atoms with van der Waals surface area (Å²) in [6.07, 6.45) is -1.66. The number of para-hydroxylation sites is 1. The summed E-state index contributed by atoms with van der Waals surface area (Å²) in [5.74, 6) is -2.42. The van der Waals surface area contributed by atoms with Gasteiger partial charge in [0.05, 0.1) is 6.61 Å². The summed E-state index contributed by atoms with van der Waals surface area (Å²) < 4.78 is 30.3. The van der Waals surface area contributed by atoms with Gasteiger partial charge in [-0.25, -0.2) is 4.79 Å². The van der Waals surface area contributed by atoms with Crippen LogP contribution < -0.4 is 10.1 Å². The normalized spacial score (nSPS) is 26.5. The van der Waals surface area contributed by atoms with Gasteiger partial charge in [-0.1, -0.05) is 29.8 Å². The molecule has 4 rings (SSSR count). The number of hydrogen-bond acceptors (Lipinski definition) is 8. The molecule has 214 valence electrons. The number of hydrogen-bond donors (Lipinski definition) is 2.